The predicted molar refractivity (Wildman–Crippen MR) is 104 cm³/mol. The van der Waals surface area contributed by atoms with Crippen LogP contribution < -0.4 is 5.32 Å². The van der Waals surface area contributed by atoms with Gasteiger partial charge < -0.3 is 5.32 Å². The molecule has 0 aliphatic heterocycles. The lowest BCUT2D eigenvalue weighted by atomic mass is 10.1. The molecule has 140 valence electrons. The summed E-state index contributed by atoms with van der Waals surface area (Å²) in [4.78, 5) is 12.5. The molecule has 0 fully saturated rings. The van der Waals surface area contributed by atoms with Crippen LogP contribution in [0.1, 0.15) is 29.7 Å². The smallest absolute Gasteiger partial charge is 0.243 e. The average molecular weight is 395 g/mol. The van der Waals surface area contributed by atoms with Crippen LogP contribution in [0.25, 0.3) is 0 Å². The molecule has 0 bridgehead atoms. The topological polar surface area (TPSA) is 66.5 Å². The van der Waals surface area contributed by atoms with Crippen molar-refractivity contribution in [1.82, 2.24) is 9.62 Å². The van der Waals surface area contributed by atoms with E-state index in [4.69, 9.17) is 11.6 Å². The Bertz CT molecular complexity index is 896. The van der Waals surface area contributed by atoms with Crippen LogP contribution in [0.15, 0.2) is 47.4 Å². The van der Waals surface area contributed by atoms with Crippen molar-refractivity contribution in [3.63, 3.8) is 0 Å². The number of nitrogens with zero attached hydrogens (tertiary/aromatic N) is 1. The Labute approximate surface area is 160 Å². The number of aryl methyl sites for hydroxylation is 2. The molecule has 5 nitrogen and oxygen atoms in total. The van der Waals surface area contributed by atoms with Gasteiger partial charge in [0.15, 0.2) is 0 Å². The second-order valence-electron chi connectivity index (χ2n) is 6.37. The van der Waals surface area contributed by atoms with Crippen molar-refractivity contribution in [3.05, 3.63) is 64.2 Å². The van der Waals surface area contributed by atoms with Crippen molar-refractivity contribution in [1.29, 1.82) is 0 Å². The molecular formula is C19H23ClN2O3S. The second kappa shape index (κ2) is 8.20. The molecule has 2 rings (SSSR count). The number of likely N-dealkylation sites (N-methyl/N-ethyl adjacent to an activating group) is 1. The van der Waals surface area contributed by atoms with Gasteiger partial charge in [0, 0.05) is 12.1 Å². The van der Waals surface area contributed by atoms with Gasteiger partial charge in [-0.3, -0.25) is 4.79 Å². The molecule has 0 radical (unpaired) electrons. The first kappa shape index (κ1) is 20.4. The summed E-state index contributed by atoms with van der Waals surface area (Å²) in [6.45, 7) is 5.15. The van der Waals surface area contributed by atoms with E-state index < -0.39 is 10.0 Å². The quantitative estimate of drug-likeness (QED) is 0.815. The van der Waals surface area contributed by atoms with Crippen molar-refractivity contribution in [2.45, 2.75) is 31.7 Å². The van der Waals surface area contributed by atoms with Gasteiger partial charge in [-0.25, -0.2) is 8.42 Å². The molecule has 2 aromatic carbocycles. The number of carbonyl (C=O) groups excluding carboxylic acids is 1. The largest absolute Gasteiger partial charge is 0.348 e. The third kappa shape index (κ3) is 4.84. The summed E-state index contributed by atoms with van der Waals surface area (Å²) in [5.41, 5.74) is 2.39. The lowest BCUT2D eigenvalue weighted by molar-refractivity contribution is -0.121. The minimum atomic E-state index is -3.74. The third-order valence-corrected chi connectivity index (χ3v) is 6.34. The lowest BCUT2D eigenvalue weighted by Crippen LogP contribution is -2.39. The lowest BCUT2D eigenvalue weighted by Gasteiger charge is -2.20. The maximum absolute atomic E-state index is 12.8. The van der Waals surface area contributed by atoms with E-state index in [1.54, 1.807) is 31.2 Å². The number of sulfonamides is 1. The number of amides is 1. The molecule has 0 aliphatic rings. The zero-order valence-electron chi connectivity index (χ0n) is 15.3. The molecule has 0 heterocycles. The molecule has 1 N–H and O–H groups in total. The molecule has 7 heteroatoms. The van der Waals surface area contributed by atoms with Gasteiger partial charge in [0.05, 0.1) is 17.5 Å². The molecule has 1 atom stereocenters. The van der Waals surface area contributed by atoms with E-state index in [1.807, 2.05) is 32.0 Å². The van der Waals surface area contributed by atoms with E-state index in [0.29, 0.717) is 10.6 Å². The van der Waals surface area contributed by atoms with Crippen LogP contribution in [0, 0.1) is 13.8 Å². The van der Waals surface area contributed by atoms with E-state index in [1.165, 1.54) is 7.05 Å². The molecular weight excluding hydrogens is 372 g/mol. The Kier molecular flexibility index (Phi) is 6.44. The Morgan fingerprint density at radius 3 is 2.38 bits per heavy atom. The fraction of sp³-hybridized carbons (Fsp3) is 0.316. The first-order valence-electron chi connectivity index (χ1n) is 8.19. The number of halogens is 1. The van der Waals surface area contributed by atoms with Crippen molar-refractivity contribution in [2.75, 3.05) is 13.6 Å². The fourth-order valence-corrected chi connectivity index (χ4v) is 4.12. The van der Waals surface area contributed by atoms with Crippen LogP contribution in [-0.4, -0.2) is 32.2 Å². The minimum Gasteiger partial charge on any atom is -0.348 e. The van der Waals surface area contributed by atoms with Crippen molar-refractivity contribution in [2.24, 2.45) is 0 Å². The number of nitrogens with one attached hydrogen (secondary N) is 1. The standard InChI is InChI=1S/C19H23ClN2O3S/c1-13-5-6-14(2)18(11-13)26(24,25)22(4)12-19(23)21-15(3)16-7-9-17(20)10-8-16/h5-11,15H,12H2,1-4H3,(H,21,23)/t15-/m0/s1. The number of benzene rings is 2. The van der Waals surface area contributed by atoms with Crippen LogP contribution in [-0.2, 0) is 14.8 Å². The summed E-state index contributed by atoms with van der Waals surface area (Å²) in [7, 11) is -2.33. The number of rotatable bonds is 6. The van der Waals surface area contributed by atoms with Crippen LogP contribution in [0.3, 0.4) is 0 Å². The molecule has 0 saturated carbocycles. The first-order chi connectivity index (χ1) is 12.1. The predicted octanol–water partition coefficient (Wildman–Crippen LogP) is 3.45. The number of hydrogen-bond acceptors (Lipinski definition) is 3. The SMILES string of the molecule is Cc1ccc(C)c(S(=O)(=O)N(C)CC(=O)N[C@@H](C)c2ccc(Cl)cc2)c1. The minimum absolute atomic E-state index is 0.221. The molecule has 0 aromatic heterocycles. The normalized spacial score (nSPS) is 12.8. The van der Waals surface area contributed by atoms with Gasteiger partial charge in [-0.2, -0.15) is 4.31 Å². The Hall–Kier alpha value is -1.89. The fourth-order valence-electron chi connectivity index (χ4n) is 2.56. The average Bonchev–Trinajstić information content (AvgIpc) is 2.57. The van der Waals surface area contributed by atoms with Gasteiger partial charge in [0.25, 0.3) is 0 Å². The van der Waals surface area contributed by atoms with Gasteiger partial charge in [-0.05, 0) is 55.7 Å². The highest BCUT2D eigenvalue weighted by Gasteiger charge is 2.25. The number of carbonyl (C=O) groups is 1. The van der Waals surface area contributed by atoms with Gasteiger partial charge in [-0.15, -0.1) is 0 Å². The van der Waals surface area contributed by atoms with Crippen LogP contribution in [0.2, 0.25) is 5.02 Å². The molecule has 2 aromatic rings. The number of hydrogen-bond donors (Lipinski definition) is 1. The highest BCUT2D eigenvalue weighted by molar-refractivity contribution is 7.89. The van der Waals surface area contributed by atoms with Gasteiger partial charge >= 0.3 is 0 Å². The van der Waals surface area contributed by atoms with Crippen LogP contribution in [0.4, 0.5) is 0 Å². The Balaban J connectivity index is 2.08. The van der Waals surface area contributed by atoms with E-state index >= 15 is 0 Å². The van der Waals surface area contributed by atoms with Crippen LogP contribution in [0.5, 0.6) is 0 Å². The molecule has 26 heavy (non-hydrogen) atoms. The molecule has 1 amide bonds. The van der Waals surface area contributed by atoms with E-state index in [2.05, 4.69) is 5.32 Å². The monoisotopic (exact) mass is 394 g/mol. The zero-order chi connectivity index (χ0) is 19.5. The molecule has 0 saturated heterocycles. The van der Waals surface area contributed by atoms with E-state index in [0.717, 1.165) is 15.4 Å². The van der Waals surface area contributed by atoms with Crippen molar-refractivity contribution in [3.8, 4) is 0 Å². The first-order valence-corrected chi connectivity index (χ1v) is 10.0. The highest BCUT2D eigenvalue weighted by Crippen LogP contribution is 2.20. The highest BCUT2D eigenvalue weighted by atomic mass is 35.5. The summed E-state index contributed by atoms with van der Waals surface area (Å²) < 4.78 is 26.6. The van der Waals surface area contributed by atoms with Gasteiger partial charge in [-0.1, -0.05) is 35.9 Å². The van der Waals surface area contributed by atoms with E-state index in [9.17, 15) is 13.2 Å². The second-order valence-corrected chi connectivity index (χ2v) is 8.82. The van der Waals surface area contributed by atoms with Gasteiger partial charge in [0.1, 0.15) is 0 Å². The summed E-state index contributed by atoms with van der Waals surface area (Å²) >= 11 is 5.86. The van der Waals surface area contributed by atoms with Crippen LogP contribution >= 0.6 is 11.6 Å². The maximum atomic E-state index is 12.8. The van der Waals surface area contributed by atoms with Crippen molar-refractivity contribution >= 4 is 27.5 Å². The third-order valence-electron chi connectivity index (χ3n) is 4.15. The zero-order valence-corrected chi connectivity index (χ0v) is 16.9. The maximum Gasteiger partial charge on any atom is 0.243 e. The summed E-state index contributed by atoms with van der Waals surface area (Å²) in [6.07, 6.45) is 0. The Morgan fingerprint density at radius 1 is 1.15 bits per heavy atom. The molecule has 0 spiro atoms. The summed E-state index contributed by atoms with van der Waals surface area (Å²) in [5.74, 6) is -0.371. The van der Waals surface area contributed by atoms with Crippen molar-refractivity contribution < 1.29 is 13.2 Å². The summed E-state index contributed by atoms with van der Waals surface area (Å²) in [6, 6.07) is 12.1. The molecule has 0 unspecified atom stereocenters. The van der Waals surface area contributed by atoms with E-state index in [-0.39, 0.29) is 23.4 Å². The Morgan fingerprint density at radius 2 is 1.77 bits per heavy atom. The molecule has 0 aliphatic carbocycles. The van der Waals surface area contributed by atoms with Gasteiger partial charge in [0.2, 0.25) is 15.9 Å². The summed E-state index contributed by atoms with van der Waals surface area (Å²) in [5, 5.41) is 3.43.